The first-order chi connectivity index (χ1) is 23.9. The van der Waals surface area contributed by atoms with Crippen molar-refractivity contribution in [2.75, 3.05) is 31.1 Å². The average molecular weight is 708 g/mol. The van der Waals surface area contributed by atoms with E-state index in [1.165, 1.54) is 29.5 Å². The van der Waals surface area contributed by atoms with Gasteiger partial charge in [-0.1, -0.05) is 23.5 Å². The summed E-state index contributed by atoms with van der Waals surface area (Å²) in [5.74, 6) is -0.768. The Morgan fingerprint density at radius 3 is 2.46 bits per heavy atom. The number of hydrogen-bond donors (Lipinski definition) is 0. The largest absolute Gasteiger partial charge is 0.444 e. The van der Waals surface area contributed by atoms with Crippen LogP contribution in [0.3, 0.4) is 0 Å². The molecular weight excluding hydrogens is 671 g/mol. The number of piperazine rings is 1. The Labute approximate surface area is 290 Å². The van der Waals surface area contributed by atoms with Gasteiger partial charge in [0.15, 0.2) is 6.04 Å². The highest BCUT2D eigenvalue weighted by molar-refractivity contribution is 7.11. The zero-order valence-electron chi connectivity index (χ0n) is 28.0. The van der Waals surface area contributed by atoms with Gasteiger partial charge >= 0.3 is 12.1 Å². The van der Waals surface area contributed by atoms with E-state index in [-0.39, 0.29) is 40.9 Å². The number of carbonyl (C=O) groups excluding carboxylic acids is 2. The van der Waals surface area contributed by atoms with Gasteiger partial charge in [-0.2, -0.15) is 5.10 Å². The van der Waals surface area contributed by atoms with E-state index in [2.05, 4.69) is 14.9 Å². The highest BCUT2D eigenvalue weighted by Crippen LogP contribution is 2.38. The molecule has 1 saturated heterocycles. The number of nitrogens with zero attached hydrogens (tertiary/aromatic N) is 7. The van der Waals surface area contributed by atoms with Crippen molar-refractivity contribution in [3.8, 4) is 16.3 Å². The summed E-state index contributed by atoms with van der Waals surface area (Å²) in [4.78, 5) is 38.5. The zero-order chi connectivity index (χ0) is 35.3. The topological polar surface area (TPSA) is 108 Å². The van der Waals surface area contributed by atoms with Gasteiger partial charge in [0.2, 0.25) is 0 Å². The minimum atomic E-state index is -2.83. The molecule has 5 heterocycles. The SMILES string of the molecule is Cc1c(-c2ccc(N3CCN(C(=O)OC(C)(C)C)CC3)cc2)cc(C(F)F)c2cn(C(C(=O)Oc3nccs3)c3ncn4c3C[C@@H](F)C4)nc12. The van der Waals surface area contributed by atoms with Crippen LogP contribution < -0.4 is 9.64 Å². The van der Waals surface area contributed by atoms with Crippen LogP contribution in [0.1, 0.15) is 55.8 Å². The third-order valence-electron chi connectivity index (χ3n) is 8.94. The van der Waals surface area contributed by atoms with Gasteiger partial charge in [-0.25, -0.2) is 32.7 Å². The van der Waals surface area contributed by atoms with Crippen LogP contribution in [-0.2, 0) is 22.5 Å². The molecule has 7 rings (SSSR count). The molecule has 0 bridgehead atoms. The Morgan fingerprint density at radius 2 is 1.80 bits per heavy atom. The van der Waals surface area contributed by atoms with Crippen LogP contribution in [0.15, 0.2) is 54.4 Å². The van der Waals surface area contributed by atoms with E-state index in [1.807, 2.05) is 45.0 Å². The number of anilines is 1. The van der Waals surface area contributed by atoms with E-state index >= 15 is 0 Å². The molecule has 0 radical (unpaired) electrons. The lowest BCUT2D eigenvalue weighted by atomic mass is 9.95. The highest BCUT2D eigenvalue weighted by atomic mass is 32.1. The number of thiazole rings is 1. The molecule has 0 saturated carbocycles. The molecule has 2 aromatic carbocycles. The van der Waals surface area contributed by atoms with Gasteiger partial charge in [0.25, 0.3) is 11.6 Å². The fourth-order valence-corrected chi connectivity index (χ4v) is 7.04. The number of benzene rings is 2. The van der Waals surface area contributed by atoms with Crippen molar-refractivity contribution in [2.45, 2.75) is 64.9 Å². The lowest BCUT2D eigenvalue weighted by Crippen LogP contribution is -2.50. The van der Waals surface area contributed by atoms with Crippen LogP contribution in [0, 0.1) is 6.92 Å². The van der Waals surface area contributed by atoms with Crippen LogP contribution in [0.25, 0.3) is 22.0 Å². The van der Waals surface area contributed by atoms with Crippen molar-refractivity contribution < 1.29 is 32.2 Å². The average Bonchev–Trinajstić information content (AvgIpc) is 3.88. The third kappa shape index (κ3) is 6.53. The lowest BCUT2D eigenvalue weighted by Gasteiger charge is -2.36. The fourth-order valence-electron chi connectivity index (χ4n) is 6.55. The molecule has 1 fully saturated rings. The molecule has 2 atom stereocenters. The Bertz CT molecular complexity index is 2030. The Balaban J connectivity index is 1.20. The molecule has 5 aromatic rings. The molecule has 0 spiro atoms. The van der Waals surface area contributed by atoms with Crippen molar-refractivity contribution in [2.24, 2.45) is 0 Å². The number of alkyl halides is 3. The second-order valence-electron chi connectivity index (χ2n) is 13.5. The number of aromatic nitrogens is 5. The summed E-state index contributed by atoms with van der Waals surface area (Å²) >= 11 is 1.12. The Kier molecular flexibility index (Phi) is 8.78. The van der Waals surface area contributed by atoms with Crippen LogP contribution in [0.4, 0.5) is 23.7 Å². The van der Waals surface area contributed by atoms with Gasteiger partial charge in [0.05, 0.1) is 24.1 Å². The molecule has 15 heteroatoms. The summed E-state index contributed by atoms with van der Waals surface area (Å²) in [6.07, 6.45) is 0.122. The summed E-state index contributed by atoms with van der Waals surface area (Å²) in [5, 5.41) is 6.65. The second-order valence-corrected chi connectivity index (χ2v) is 14.3. The number of hydrogen-bond acceptors (Lipinski definition) is 9. The normalized spacial score (nSPS) is 17.0. The van der Waals surface area contributed by atoms with Crippen LogP contribution in [-0.4, -0.2) is 79.2 Å². The van der Waals surface area contributed by atoms with E-state index in [0.717, 1.165) is 22.6 Å². The van der Waals surface area contributed by atoms with Crippen LogP contribution in [0.2, 0.25) is 0 Å². The van der Waals surface area contributed by atoms with Crippen molar-refractivity contribution in [1.29, 1.82) is 0 Å². The molecule has 1 unspecified atom stereocenters. The van der Waals surface area contributed by atoms with Crippen LogP contribution >= 0.6 is 11.3 Å². The number of carbonyl (C=O) groups is 2. The molecule has 0 N–H and O–H groups in total. The minimum absolute atomic E-state index is 0.0536. The first kappa shape index (κ1) is 33.6. The molecule has 3 aromatic heterocycles. The first-order valence-electron chi connectivity index (χ1n) is 16.3. The van der Waals surface area contributed by atoms with Gasteiger partial charge in [0, 0.05) is 72.7 Å². The van der Waals surface area contributed by atoms with E-state index < -0.39 is 30.2 Å². The van der Waals surface area contributed by atoms with Crippen LogP contribution in [0.5, 0.6) is 5.19 Å². The van der Waals surface area contributed by atoms with Crippen molar-refractivity contribution in [1.82, 2.24) is 29.2 Å². The lowest BCUT2D eigenvalue weighted by molar-refractivity contribution is -0.137. The number of ether oxygens (including phenoxy) is 2. The van der Waals surface area contributed by atoms with Gasteiger partial charge < -0.3 is 23.8 Å². The molecule has 262 valence electrons. The summed E-state index contributed by atoms with van der Waals surface area (Å²) in [6.45, 7) is 9.70. The van der Waals surface area contributed by atoms with Gasteiger partial charge in [0.1, 0.15) is 11.8 Å². The highest BCUT2D eigenvalue weighted by Gasteiger charge is 2.36. The number of fused-ring (bicyclic) bond motifs is 2. The van der Waals surface area contributed by atoms with E-state index in [4.69, 9.17) is 14.6 Å². The van der Waals surface area contributed by atoms with Crippen molar-refractivity contribution in [3.05, 3.63) is 76.9 Å². The minimum Gasteiger partial charge on any atom is -0.444 e. The number of halogens is 3. The molecule has 50 heavy (non-hydrogen) atoms. The molecule has 2 aliphatic heterocycles. The summed E-state index contributed by atoms with van der Waals surface area (Å²) in [7, 11) is 0. The maximum Gasteiger partial charge on any atom is 0.410 e. The van der Waals surface area contributed by atoms with E-state index in [1.54, 1.807) is 21.8 Å². The number of esters is 1. The predicted molar refractivity (Wildman–Crippen MR) is 182 cm³/mol. The van der Waals surface area contributed by atoms with Gasteiger partial charge in [-0.15, -0.1) is 0 Å². The summed E-state index contributed by atoms with van der Waals surface area (Å²) < 4.78 is 57.8. The monoisotopic (exact) mass is 707 g/mol. The summed E-state index contributed by atoms with van der Waals surface area (Å²) in [5.41, 5.74) is 3.15. The number of aryl methyl sites for hydroxylation is 1. The smallest absolute Gasteiger partial charge is 0.410 e. The Hall–Kier alpha value is -4.92. The van der Waals surface area contributed by atoms with E-state index in [9.17, 15) is 22.8 Å². The van der Waals surface area contributed by atoms with Crippen molar-refractivity contribution in [3.63, 3.8) is 0 Å². The molecule has 1 amide bonds. The van der Waals surface area contributed by atoms with Gasteiger partial charge in [-0.05, 0) is 62.6 Å². The van der Waals surface area contributed by atoms with Gasteiger partial charge in [-0.3, -0.25) is 4.68 Å². The molecular formula is C35H36F3N7O4S. The first-order valence-corrected chi connectivity index (χ1v) is 17.2. The fraction of sp³-hybridized carbons (Fsp3) is 0.400. The molecule has 0 aliphatic carbocycles. The molecule has 2 aliphatic rings. The summed E-state index contributed by atoms with van der Waals surface area (Å²) in [6, 6.07) is 7.83. The standard InChI is InChI=1S/C35H36F3N7O4S/c1-20-24(21-5-7-23(8-6-21)42-10-12-43(13-11-42)34(47)49-35(2,3)4)16-25(31(37)38)26-18-45(41-28(20)26)30(32(46)48-33-39-9-14-50-33)29-27-15-22(36)17-44(27)19-40-29/h5-9,14,16,18-19,22,30-31H,10-13,15,17H2,1-4H3/t22-,30?/m1/s1. The predicted octanol–water partition coefficient (Wildman–Crippen LogP) is 6.75. The second kappa shape index (κ2) is 13.1. The number of imidazole rings is 1. The zero-order valence-corrected chi connectivity index (χ0v) is 28.8. The third-order valence-corrected chi connectivity index (χ3v) is 9.59. The molecule has 11 nitrogen and oxygen atoms in total. The quantitative estimate of drug-likeness (QED) is 0.171. The number of rotatable bonds is 7. The maximum absolute atomic E-state index is 14.7. The Morgan fingerprint density at radius 1 is 1.06 bits per heavy atom. The van der Waals surface area contributed by atoms with Crippen molar-refractivity contribution >= 4 is 40.0 Å². The van der Waals surface area contributed by atoms with E-state index in [0.29, 0.717) is 48.5 Å². The number of amides is 1. The maximum atomic E-state index is 14.7.